The van der Waals surface area contributed by atoms with Gasteiger partial charge in [0, 0.05) is 12.7 Å². The molecule has 0 spiro atoms. The Morgan fingerprint density at radius 3 is 3.00 bits per heavy atom. The Labute approximate surface area is 117 Å². The highest BCUT2D eigenvalue weighted by Gasteiger charge is 2.16. The van der Waals surface area contributed by atoms with Crippen LogP contribution < -0.4 is 11.1 Å². The summed E-state index contributed by atoms with van der Waals surface area (Å²) in [6, 6.07) is 0. The number of rotatable bonds is 6. The molecule has 0 unspecified atom stereocenters. The Bertz CT molecular complexity index is 585. The zero-order chi connectivity index (χ0) is 14.5. The number of aromatic nitrogens is 4. The molecule has 7 nitrogen and oxygen atoms in total. The number of hydrogen-bond donors (Lipinski definition) is 3. The summed E-state index contributed by atoms with van der Waals surface area (Å²) >= 11 is 0. The minimum absolute atomic E-state index is 0.259. The van der Waals surface area contributed by atoms with Crippen LogP contribution in [0, 0.1) is 6.92 Å². The Morgan fingerprint density at radius 1 is 1.55 bits per heavy atom. The first kappa shape index (κ1) is 14.1. The number of hydrogen-bond acceptors (Lipinski definition) is 4. The molecule has 20 heavy (non-hydrogen) atoms. The molecule has 2 aromatic rings. The molecule has 0 radical (unpaired) electrons. The van der Waals surface area contributed by atoms with Crippen LogP contribution in [0.3, 0.4) is 0 Å². The number of nitrogen functional groups attached to an aromatic ring is 1. The molecule has 0 saturated carbocycles. The summed E-state index contributed by atoms with van der Waals surface area (Å²) in [5, 5.41) is 13.7. The predicted molar refractivity (Wildman–Crippen MR) is 76.3 cm³/mol. The van der Waals surface area contributed by atoms with E-state index in [2.05, 4.69) is 20.6 Å². The number of carbonyl (C=O) groups excluding carboxylic acids is 1. The molecular formula is C13H20N6O. The van der Waals surface area contributed by atoms with Gasteiger partial charge in [0.25, 0.3) is 5.91 Å². The number of aryl methyl sites for hydroxylation is 2. The molecule has 1 amide bonds. The normalized spacial score (nSPS) is 10.7. The first-order chi connectivity index (χ1) is 9.61. The summed E-state index contributed by atoms with van der Waals surface area (Å²) in [6.45, 7) is 5.12. The summed E-state index contributed by atoms with van der Waals surface area (Å²) in [7, 11) is 0. The third-order valence-electron chi connectivity index (χ3n) is 2.99. The van der Waals surface area contributed by atoms with Crippen LogP contribution in [0.2, 0.25) is 0 Å². The summed E-state index contributed by atoms with van der Waals surface area (Å²) in [5.74, 6) is -0.259. The van der Waals surface area contributed by atoms with E-state index in [1.807, 2.05) is 20.0 Å². The molecule has 0 fully saturated rings. The van der Waals surface area contributed by atoms with Gasteiger partial charge < -0.3 is 11.1 Å². The van der Waals surface area contributed by atoms with E-state index in [1.54, 1.807) is 10.9 Å². The van der Waals surface area contributed by atoms with Crippen LogP contribution in [-0.2, 0) is 13.0 Å². The minimum Gasteiger partial charge on any atom is -0.395 e. The van der Waals surface area contributed by atoms with Crippen molar-refractivity contribution in [2.24, 2.45) is 0 Å². The molecule has 4 N–H and O–H groups in total. The number of nitrogens with two attached hydrogens (primary N) is 1. The van der Waals surface area contributed by atoms with Crippen molar-refractivity contribution in [1.82, 2.24) is 25.3 Å². The fraction of sp³-hybridized carbons (Fsp3) is 0.462. The maximum atomic E-state index is 12.0. The van der Waals surface area contributed by atoms with Crippen molar-refractivity contribution in [3.8, 4) is 0 Å². The Morgan fingerprint density at radius 2 is 2.35 bits per heavy atom. The van der Waals surface area contributed by atoms with Crippen LogP contribution >= 0.6 is 0 Å². The number of nitrogens with one attached hydrogen (secondary N) is 2. The van der Waals surface area contributed by atoms with Gasteiger partial charge in [0.1, 0.15) is 0 Å². The van der Waals surface area contributed by atoms with Crippen molar-refractivity contribution in [2.75, 3.05) is 12.3 Å². The van der Waals surface area contributed by atoms with Crippen molar-refractivity contribution in [1.29, 1.82) is 0 Å². The monoisotopic (exact) mass is 276 g/mol. The summed E-state index contributed by atoms with van der Waals surface area (Å²) in [6.07, 6.45) is 5.45. The highest BCUT2D eigenvalue weighted by molar-refractivity contribution is 5.97. The molecule has 108 valence electrons. The van der Waals surface area contributed by atoms with E-state index < -0.39 is 0 Å². The minimum atomic E-state index is -0.259. The summed E-state index contributed by atoms with van der Waals surface area (Å²) in [4.78, 5) is 12.0. The second-order valence-electron chi connectivity index (χ2n) is 4.75. The maximum absolute atomic E-state index is 12.0. The molecule has 2 heterocycles. The van der Waals surface area contributed by atoms with Gasteiger partial charge in [-0.1, -0.05) is 13.3 Å². The molecule has 0 aromatic carbocycles. The van der Waals surface area contributed by atoms with Gasteiger partial charge in [0.05, 0.1) is 24.1 Å². The van der Waals surface area contributed by atoms with Crippen molar-refractivity contribution in [3.63, 3.8) is 0 Å². The van der Waals surface area contributed by atoms with Crippen molar-refractivity contribution >= 4 is 11.6 Å². The second-order valence-corrected chi connectivity index (χ2v) is 4.75. The summed E-state index contributed by atoms with van der Waals surface area (Å²) in [5.41, 5.74) is 8.53. The molecule has 7 heteroatoms. The molecule has 2 rings (SSSR count). The van der Waals surface area contributed by atoms with E-state index in [0.717, 1.165) is 24.1 Å². The highest BCUT2D eigenvalue weighted by atomic mass is 16.1. The van der Waals surface area contributed by atoms with Gasteiger partial charge in [-0.2, -0.15) is 10.2 Å². The largest absolute Gasteiger partial charge is 0.395 e. The van der Waals surface area contributed by atoms with Gasteiger partial charge in [-0.15, -0.1) is 0 Å². The van der Waals surface area contributed by atoms with E-state index in [1.165, 1.54) is 0 Å². The zero-order valence-electron chi connectivity index (χ0n) is 11.8. The number of H-pyrrole nitrogens is 1. The van der Waals surface area contributed by atoms with E-state index in [9.17, 15) is 4.79 Å². The van der Waals surface area contributed by atoms with E-state index in [4.69, 9.17) is 5.73 Å². The number of anilines is 1. The van der Waals surface area contributed by atoms with Gasteiger partial charge in [-0.05, 0) is 18.9 Å². The second kappa shape index (κ2) is 6.23. The van der Waals surface area contributed by atoms with Crippen LogP contribution in [0.5, 0.6) is 0 Å². The van der Waals surface area contributed by atoms with Gasteiger partial charge in [0.2, 0.25) is 0 Å². The van der Waals surface area contributed by atoms with E-state index >= 15 is 0 Å². The lowest BCUT2D eigenvalue weighted by Crippen LogP contribution is -2.28. The standard InChI is InChI=1S/C13H20N6O/c1-3-4-10-11(14)12(18-17-10)13(20)15-5-6-19-8-9(2)7-16-19/h7-8H,3-6,14H2,1-2H3,(H,15,20)(H,17,18). The summed E-state index contributed by atoms with van der Waals surface area (Å²) < 4.78 is 1.78. The van der Waals surface area contributed by atoms with Gasteiger partial charge in [0.15, 0.2) is 5.69 Å². The average Bonchev–Trinajstić information content (AvgIpc) is 2.98. The number of carbonyl (C=O) groups is 1. The van der Waals surface area contributed by atoms with Gasteiger partial charge in [-0.25, -0.2) is 0 Å². The third-order valence-corrected chi connectivity index (χ3v) is 2.99. The lowest BCUT2D eigenvalue weighted by atomic mass is 10.2. The first-order valence-electron chi connectivity index (χ1n) is 6.71. The molecule has 0 bridgehead atoms. The Kier molecular flexibility index (Phi) is 4.39. The van der Waals surface area contributed by atoms with Crippen molar-refractivity contribution in [3.05, 3.63) is 29.3 Å². The fourth-order valence-corrected chi connectivity index (χ4v) is 1.96. The van der Waals surface area contributed by atoms with Gasteiger partial charge >= 0.3 is 0 Å². The lowest BCUT2D eigenvalue weighted by Gasteiger charge is -2.04. The van der Waals surface area contributed by atoms with E-state index in [-0.39, 0.29) is 11.6 Å². The van der Waals surface area contributed by atoms with E-state index in [0.29, 0.717) is 18.8 Å². The zero-order valence-corrected chi connectivity index (χ0v) is 11.8. The third kappa shape index (κ3) is 3.17. The predicted octanol–water partition coefficient (Wildman–Crippen LogP) is 0.879. The molecular weight excluding hydrogens is 256 g/mol. The van der Waals surface area contributed by atoms with Crippen molar-refractivity contribution < 1.29 is 4.79 Å². The molecule has 0 aliphatic rings. The quantitative estimate of drug-likeness (QED) is 0.728. The molecule has 2 aromatic heterocycles. The van der Waals surface area contributed by atoms with Crippen LogP contribution in [0.25, 0.3) is 0 Å². The molecule has 0 aliphatic heterocycles. The topological polar surface area (TPSA) is 102 Å². The number of amides is 1. The highest BCUT2D eigenvalue weighted by Crippen LogP contribution is 2.15. The van der Waals surface area contributed by atoms with Crippen molar-refractivity contribution in [2.45, 2.75) is 33.2 Å². The average molecular weight is 276 g/mol. The van der Waals surface area contributed by atoms with Crippen LogP contribution in [0.1, 0.15) is 35.1 Å². The van der Waals surface area contributed by atoms with Crippen LogP contribution in [0.15, 0.2) is 12.4 Å². The smallest absolute Gasteiger partial charge is 0.274 e. The van der Waals surface area contributed by atoms with Crippen LogP contribution in [-0.4, -0.2) is 32.4 Å². The van der Waals surface area contributed by atoms with Crippen LogP contribution in [0.4, 0.5) is 5.69 Å². The first-order valence-corrected chi connectivity index (χ1v) is 6.71. The lowest BCUT2D eigenvalue weighted by molar-refractivity contribution is 0.0948. The SMILES string of the molecule is CCCc1[nH]nc(C(=O)NCCn2cc(C)cn2)c1N. The van der Waals surface area contributed by atoms with Gasteiger partial charge in [-0.3, -0.25) is 14.6 Å². The molecule has 0 atom stereocenters. The molecule has 0 aliphatic carbocycles. The fourth-order valence-electron chi connectivity index (χ4n) is 1.96. The Hall–Kier alpha value is -2.31. The molecule has 0 saturated heterocycles. The number of nitrogens with zero attached hydrogens (tertiary/aromatic N) is 3. The Balaban J connectivity index is 1.88. The maximum Gasteiger partial charge on any atom is 0.274 e. The number of aromatic amines is 1.